The number of nitrogens with one attached hydrogen (secondary N) is 1. The maximum Gasteiger partial charge on any atom is 0.246 e. The lowest BCUT2D eigenvalue weighted by Crippen LogP contribution is -2.32. The van der Waals surface area contributed by atoms with Crippen molar-refractivity contribution in [1.29, 1.82) is 0 Å². The predicted octanol–water partition coefficient (Wildman–Crippen LogP) is 1.69. The summed E-state index contributed by atoms with van der Waals surface area (Å²) in [5.74, 6) is 1.99. The molecule has 6 heteroatoms. The summed E-state index contributed by atoms with van der Waals surface area (Å²) in [5.41, 5.74) is 2.47. The smallest absolute Gasteiger partial charge is 0.246 e. The summed E-state index contributed by atoms with van der Waals surface area (Å²) in [7, 11) is 1.91. The van der Waals surface area contributed by atoms with E-state index in [0.29, 0.717) is 18.4 Å². The summed E-state index contributed by atoms with van der Waals surface area (Å²) in [6, 6.07) is 8.25. The third-order valence-corrected chi connectivity index (χ3v) is 4.42. The van der Waals surface area contributed by atoms with Crippen LogP contribution < -0.4 is 10.2 Å². The molecule has 0 spiro atoms. The van der Waals surface area contributed by atoms with Crippen molar-refractivity contribution in [3.8, 4) is 0 Å². The van der Waals surface area contributed by atoms with Gasteiger partial charge >= 0.3 is 0 Å². The fourth-order valence-electron chi connectivity index (χ4n) is 3.06. The van der Waals surface area contributed by atoms with Crippen LogP contribution in [-0.2, 0) is 18.3 Å². The Hall–Kier alpha value is -2.37. The monoisotopic (exact) mass is 297 g/mol. The highest BCUT2D eigenvalue weighted by molar-refractivity contribution is 5.93. The average molecular weight is 297 g/mol. The van der Waals surface area contributed by atoms with Gasteiger partial charge < -0.3 is 9.47 Å². The second-order valence-corrected chi connectivity index (χ2v) is 6.06. The van der Waals surface area contributed by atoms with Crippen LogP contribution in [0.25, 0.3) is 0 Å². The maximum atomic E-state index is 12.3. The van der Waals surface area contributed by atoms with E-state index >= 15 is 0 Å². The van der Waals surface area contributed by atoms with Crippen molar-refractivity contribution >= 4 is 17.5 Å². The summed E-state index contributed by atoms with van der Waals surface area (Å²) in [4.78, 5) is 14.4. The summed E-state index contributed by atoms with van der Waals surface area (Å²) in [6.45, 7) is 1.24. The quantitative estimate of drug-likeness (QED) is 0.933. The normalized spacial score (nSPS) is 16.7. The summed E-state index contributed by atoms with van der Waals surface area (Å²) in [5, 5.41) is 11.2. The van der Waals surface area contributed by atoms with E-state index in [2.05, 4.69) is 32.5 Å². The van der Waals surface area contributed by atoms with Crippen LogP contribution in [-0.4, -0.2) is 33.8 Å². The molecule has 1 N–H and O–H groups in total. The van der Waals surface area contributed by atoms with Crippen molar-refractivity contribution < 1.29 is 4.79 Å². The van der Waals surface area contributed by atoms with Crippen molar-refractivity contribution in [1.82, 2.24) is 14.8 Å². The molecule has 2 heterocycles. The van der Waals surface area contributed by atoms with Crippen LogP contribution in [0, 0.1) is 0 Å². The molecule has 1 amide bonds. The number of carbonyl (C=O) groups is 1. The van der Waals surface area contributed by atoms with Gasteiger partial charge in [-0.05, 0) is 30.9 Å². The number of para-hydroxylation sites is 1. The molecule has 1 aromatic heterocycles. The number of fused-ring (bicyclic) bond motifs is 1. The molecule has 1 fully saturated rings. The van der Waals surface area contributed by atoms with E-state index in [1.54, 1.807) is 0 Å². The fourth-order valence-corrected chi connectivity index (χ4v) is 3.06. The molecule has 0 radical (unpaired) electrons. The zero-order valence-electron chi connectivity index (χ0n) is 12.6. The van der Waals surface area contributed by atoms with Crippen molar-refractivity contribution in [3.63, 3.8) is 0 Å². The first-order valence-electron chi connectivity index (χ1n) is 7.74. The number of carbonyl (C=O) groups excluding carboxylic acids is 1. The number of hydrogen-bond donors (Lipinski definition) is 1. The highest BCUT2D eigenvalue weighted by Gasteiger charge is 2.29. The van der Waals surface area contributed by atoms with Crippen molar-refractivity contribution in [3.05, 3.63) is 35.7 Å². The number of amides is 1. The van der Waals surface area contributed by atoms with E-state index in [1.165, 1.54) is 18.4 Å². The fraction of sp³-hybridized carbons (Fsp3) is 0.438. The van der Waals surface area contributed by atoms with Crippen LogP contribution in [0.4, 0.5) is 11.6 Å². The van der Waals surface area contributed by atoms with Crippen molar-refractivity contribution in [2.75, 3.05) is 23.3 Å². The third kappa shape index (κ3) is 2.34. The molecule has 0 saturated heterocycles. The minimum Gasteiger partial charge on any atom is -0.362 e. The molecule has 0 bridgehead atoms. The first kappa shape index (κ1) is 13.3. The standard InChI is InChI=1S/C16H19N5O/c1-20-15(12-6-7-12)18-19-16(20)17-14(22)10-21-9-8-11-4-2-3-5-13(11)21/h2-5,12H,6-10H2,1H3,(H,17,19,22). The Morgan fingerprint density at radius 3 is 2.95 bits per heavy atom. The highest BCUT2D eigenvalue weighted by atomic mass is 16.2. The van der Waals surface area contributed by atoms with E-state index in [0.717, 1.165) is 24.5 Å². The van der Waals surface area contributed by atoms with E-state index < -0.39 is 0 Å². The Labute approximate surface area is 129 Å². The Morgan fingerprint density at radius 2 is 2.14 bits per heavy atom. The van der Waals surface area contributed by atoms with Crippen LogP contribution in [0.3, 0.4) is 0 Å². The molecule has 0 atom stereocenters. The molecule has 0 unspecified atom stereocenters. The Morgan fingerprint density at radius 1 is 1.32 bits per heavy atom. The lowest BCUT2D eigenvalue weighted by molar-refractivity contribution is -0.115. The molecule has 6 nitrogen and oxygen atoms in total. The van der Waals surface area contributed by atoms with Gasteiger partial charge in [0.1, 0.15) is 5.82 Å². The first-order chi connectivity index (χ1) is 10.7. The molecule has 4 rings (SSSR count). The van der Waals surface area contributed by atoms with E-state index in [-0.39, 0.29) is 5.91 Å². The zero-order valence-corrected chi connectivity index (χ0v) is 12.6. The van der Waals surface area contributed by atoms with Gasteiger partial charge in [-0.25, -0.2) is 0 Å². The van der Waals surface area contributed by atoms with Gasteiger partial charge in [-0.3, -0.25) is 10.1 Å². The number of benzene rings is 1. The summed E-state index contributed by atoms with van der Waals surface area (Å²) >= 11 is 0. The molecule has 114 valence electrons. The zero-order chi connectivity index (χ0) is 15.1. The van der Waals surface area contributed by atoms with Crippen LogP contribution in [0.5, 0.6) is 0 Å². The van der Waals surface area contributed by atoms with Crippen molar-refractivity contribution in [2.24, 2.45) is 7.05 Å². The van der Waals surface area contributed by atoms with E-state index in [4.69, 9.17) is 0 Å². The van der Waals surface area contributed by atoms with E-state index in [1.807, 2.05) is 23.7 Å². The average Bonchev–Trinajstić information content (AvgIpc) is 3.19. The number of anilines is 2. The maximum absolute atomic E-state index is 12.3. The van der Waals surface area contributed by atoms with Gasteiger partial charge in [0, 0.05) is 25.2 Å². The number of rotatable bonds is 4. The highest BCUT2D eigenvalue weighted by Crippen LogP contribution is 2.39. The lowest BCUT2D eigenvalue weighted by Gasteiger charge is -2.18. The molecule has 22 heavy (non-hydrogen) atoms. The van der Waals surface area contributed by atoms with Gasteiger partial charge in [0.25, 0.3) is 0 Å². The Kier molecular flexibility index (Phi) is 3.10. The topological polar surface area (TPSA) is 63.1 Å². The largest absolute Gasteiger partial charge is 0.362 e. The van der Waals surface area contributed by atoms with Crippen LogP contribution in [0.1, 0.15) is 30.1 Å². The van der Waals surface area contributed by atoms with Crippen LogP contribution in [0.15, 0.2) is 24.3 Å². The molecule has 1 aliphatic heterocycles. The number of hydrogen-bond acceptors (Lipinski definition) is 4. The number of nitrogens with zero attached hydrogens (tertiary/aromatic N) is 4. The summed E-state index contributed by atoms with van der Waals surface area (Å²) in [6.07, 6.45) is 3.34. The van der Waals surface area contributed by atoms with Crippen LogP contribution in [0.2, 0.25) is 0 Å². The van der Waals surface area contributed by atoms with Gasteiger partial charge in [0.2, 0.25) is 11.9 Å². The third-order valence-electron chi connectivity index (χ3n) is 4.42. The Bertz CT molecular complexity index is 719. The molecule has 2 aliphatic rings. The van der Waals surface area contributed by atoms with Gasteiger partial charge in [0.15, 0.2) is 0 Å². The molecular formula is C16H19N5O. The van der Waals surface area contributed by atoms with Gasteiger partial charge in [-0.1, -0.05) is 18.2 Å². The minimum absolute atomic E-state index is 0.0467. The van der Waals surface area contributed by atoms with Crippen molar-refractivity contribution in [2.45, 2.75) is 25.2 Å². The molecular weight excluding hydrogens is 278 g/mol. The second kappa shape index (κ2) is 5.12. The summed E-state index contributed by atoms with van der Waals surface area (Å²) < 4.78 is 1.90. The van der Waals surface area contributed by atoms with E-state index in [9.17, 15) is 4.79 Å². The van der Waals surface area contributed by atoms with Gasteiger partial charge in [0.05, 0.1) is 6.54 Å². The molecule has 1 aliphatic carbocycles. The number of aromatic nitrogens is 3. The molecule has 1 saturated carbocycles. The lowest BCUT2D eigenvalue weighted by atomic mass is 10.2. The van der Waals surface area contributed by atoms with Crippen LogP contribution >= 0.6 is 0 Å². The van der Waals surface area contributed by atoms with Gasteiger partial charge in [-0.15, -0.1) is 10.2 Å². The SMILES string of the molecule is Cn1c(NC(=O)CN2CCc3ccccc32)nnc1C1CC1. The molecule has 1 aromatic carbocycles. The second-order valence-electron chi connectivity index (χ2n) is 6.06. The first-order valence-corrected chi connectivity index (χ1v) is 7.74. The minimum atomic E-state index is -0.0467. The molecule has 2 aromatic rings. The predicted molar refractivity (Wildman–Crippen MR) is 84.0 cm³/mol. The van der Waals surface area contributed by atoms with Gasteiger partial charge in [-0.2, -0.15) is 0 Å². The Balaban J connectivity index is 1.43.